The summed E-state index contributed by atoms with van der Waals surface area (Å²) in [4.78, 5) is 2.58. The highest BCUT2D eigenvalue weighted by Gasteiger charge is 2.21. The highest BCUT2D eigenvalue weighted by Crippen LogP contribution is 2.27. The van der Waals surface area contributed by atoms with Crippen LogP contribution in [0.2, 0.25) is 13.1 Å². The van der Waals surface area contributed by atoms with Crippen molar-refractivity contribution >= 4 is 14.7 Å². The monoisotopic (exact) mass is 374 g/mol. The summed E-state index contributed by atoms with van der Waals surface area (Å²) < 4.78 is 6.39. The van der Waals surface area contributed by atoms with Crippen molar-refractivity contribution in [3.8, 4) is 0 Å². The Labute approximate surface area is 164 Å². The molecule has 147 valence electrons. The molecule has 0 aliphatic carbocycles. The second kappa shape index (κ2) is 12.6. The maximum absolute atomic E-state index is 6.39. The van der Waals surface area contributed by atoms with E-state index in [2.05, 4.69) is 49.2 Å². The Hall–Kier alpha value is -0.803. The Balaban J connectivity index is 1.75. The van der Waals surface area contributed by atoms with Crippen molar-refractivity contribution in [2.24, 2.45) is 0 Å². The Morgan fingerprint density at radius 1 is 1.00 bits per heavy atom. The largest absolute Gasteiger partial charge is 0.412 e. The third-order valence-electron chi connectivity index (χ3n) is 5.41. The van der Waals surface area contributed by atoms with Crippen molar-refractivity contribution in [2.45, 2.75) is 96.8 Å². The molecule has 1 aliphatic heterocycles. The zero-order valence-corrected chi connectivity index (χ0v) is 18.4. The van der Waals surface area contributed by atoms with Gasteiger partial charge in [-0.1, -0.05) is 76.5 Å². The molecule has 3 heteroatoms. The first-order valence-electron chi connectivity index (χ1n) is 11.0. The predicted molar refractivity (Wildman–Crippen MR) is 117 cm³/mol. The molecule has 0 amide bonds. The van der Waals surface area contributed by atoms with Gasteiger partial charge in [-0.3, -0.25) is 0 Å². The summed E-state index contributed by atoms with van der Waals surface area (Å²) in [5.74, 6) is 0. The molecule has 26 heavy (non-hydrogen) atoms. The number of nitrogens with zero attached hydrogens (tertiary/aromatic N) is 1. The topological polar surface area (TPSA) is 12.5 Å². The third kappa shape index (κ3) is 7.83. The van der Waals surface area contributed by atoms with Crippen LogP contribution in [0, 0.1) is 0 Å². The van der Waals surface area contributed by atoms with Gasteiger partial charge in [0.2, 0.25) is 9.04 Å². The van der Waals surface area contributed by atoms with Gasteiger partial charge in [-0.15, -0.1) is 0 Å². The lowest BCUT2D eigenvalue weighted by Gasteiger charge is -2.35. The molecular weight excluding hydrogens is 334 g/mol. The number of hydrogen-bond donors (Lipinski definition) is 0. The zero-order chi connectivity index (χ0) is 18.6. The SMILES string of the molecule is CCCCCCCCCCC(CN1CCCc2ccccc21)O[Si](C)C. The minimum Gasteiger partial charge on any atom is -0.412 e. The van der Waals surface area contributed by atoms with Crippen molar-refractivity contribution in [1.29, 1.82) is 0 Å². The molecule has 1 unspecified atom stereocenters. The smallest absolute Gasteiger partial charge is 0.205 e. The molecule has 1 atom stereocenters. The first-order valence-corrected chi connectivity index (χ1v) is 13.4. The number of hydrogen-bond acceptors (Lipinski definition) is 2. The van der Waals surface area contributed by atoms with E-state index in [0.717, 1.165) is 6.54 Å². The van der Waals surface area contributed by atoms with Gasteiger partial charge >= 0.3 is 0 Å². The fourth-order valence-electron chi connectivity index (χ4n) is 4.07. The van der Waals surface area contributed by atoms with Crippen LogP contribution >= 0.6 is 0 Å². The van der Waals surface area contributed by atoms with E-state index in [0.29, 0.717) is 6.10 Å². The Morgan fingerprint density at radius 2 is 1.69 bits per heavy atom. The van der Waals surface area contributed by atoms with Crippen LogP contribution in [0.3, 0.4) is 0 Å². The second-order valence-corrected chi connectivity index (χ2v) is 10.1. The molecule has 1 aromatic carbocycles. The van der Waals surface area contributed by atoms with Crippen LogP contribution < -0.4 is 4.90 Å². The van der Waals surface area contributed by atoms with Crippen LogP contribution in [-0.4, -0.2) is 28.2 Å². The molecule has 0 aromatic heterocycles. The van der Waals surface area contributed by atoms with Gasteiger partial charge < -0.3 is 9.33 Å². The first-order chi connectivity index (χ1) is 12.7. The summed E-state index contributed by atoms with van der Waals surface area (Å²) in [6, 6.07) is 8.95. The summed E-state index contributed by atoms with van der Waals surface area (Å²) in [5.41, 5.74) is 2.97. The molecule has 1 radical (unpaired) electrons. The van der Waals surface area contributed by atoms with Crippen molar-refractivity contribution < 1.29 is 4.43 Å². The molecule has 1 aromatic rings. The van der Waals surface area contributed by atoms with Crippen molar-refractivity contribution in [1.82, 2.24) is 0 Å². The fourth-order valence-corrected chi connectivity index (χ4v) is 4.93. The summed E-state index contributed by atoms with van der Waals surface area (Å²) in [5, 5.41) is 0. The Kier molecular flexibility index (Phi) is 10.4. The van der Waals surface area contributed by atoms with Crippen LogP contribution in [-0.2, 0) is 10.8 Å². The molecular formula is C23H40NOSi. The lowest BCUT2D eigenvalue weighted by atomic mass is 10.0. The van der Waals surface area contributed by atoms with E-state index in [1.165, 1.54) is 88.4 Å². The van der Waals surface area contributed by atoms with Crippen LogP contribution in [0.4, 0.5) is 5.69 Å². The van der Waals surface area contributed by atoms with Gasteiger partial charge in [-0.25, -0.2) is 0 Å². The van der Waals surface area contributed by atoms with E-state index in [-0.39, 0.29) is 0 Å². The number of unbranched alkanes of at least 4 members (excludes halogenated alkanes) is 7. The number of aryl methyl sites for hydroxylation is 1. The molecule has 0 saturated carbocycles. The molecule has 1 heterocycles. The lowest BCUT2D eigenvalue weighted by molar-refractivity contribution is 0.193. The minimum absolute atomic E-state index is 0.408. The molecule has 0 saturated heterocycles. The van der Waals surface area contributed by atoms with Crippen LogP contribution in [0.15, 0.2) is 24.3 Å². The molecule has 0 fully saturated rings. The van der Waals surface area contributed by atoms with E-state index < -0.39 is 9.04 Å². The zero-order valence-electron chi connectivity index (χ0n) is 17.4. The van der Waals surface area contributed by atoms with Gasteiger partial charge in [-0.05, 0) is 44.0 Å². The normalized spacial score (nSPS) is 15.3. The third-order valence-corrected chi connectivity index (χ3v) is 6.22. The highest BCUT2D eigenvalue weighted by molar-refractivity contribution is 6.48. The van der Waals surface area contributed by atoms with Gasteiger partial charge in [0.05, 0.1) is 6.10 Å². The van der Waals surface area contributed by atoms with Crippen LogP contribution in [0.1, 0.15) is 76.7 Å². The molecule has 0 N–H and O–H groups in total. The maximum Gasteiger partial charge on any atom is 0.205 e. The van der Waals surface area contributed by atoms with E-state index in [1.807, 2.05) is 0 Å². The lowest BCUT2D eigenvalue weighted by Crippen LogP contribution is -2.39. The highest BCUT2D eigenvalue weighted by atomic mass is 28.3. The quantitative estimate of drug-likeness (QED) is 0.285. The summed E-state index contributed by atoms with van der Waals surface area (Å²) in [7, 11) is -0.643. The standard InChI is InChI=1S/C23H40NOSi/c1-4-5-6-7-8-9-10-11-17-22(25-26(2)3)20-24-19-14-16-21-15-12-13-18-23(21)24/h12-13,15,18,22H,4-11,14,16-17,19-20H2,1-3H3. The fraction of sp³-hybridized carbons (Fsp3) is 0.739. The van der Waals surface area contributed by atoms with E-state index in [9.17, 15) is 0 Å². The number of anilines is 1. The molecule has 1 aliphatic rings. The average Bonchev–Trinajstić information content (AvgIpc) is 2.63. The predicted octanol–water partition coefficient (Wildman–Crippen LogP) is 6.61. The van der Waals surface area contributed by atoms with Gasteiger partial charge in [0, 0.05) is 18.8 Å². The molecule has 2 nitrogen and oxygen atoms in total. The Bertz CT molecular complexity index is 491. The van der Waals surface area contributed by atoms with Crippen molar-refractivity contribution in [2.75, 3.05) is 18.0 Å². The molecule has 0 bridgehead atoms. The number of fused-ring (bicyclic) bond motifs is 1. The average molecular weight is 375 g/mol. The minimum atomic E-state index is -0.643. The number of rotatable bonds is 13. The second-order valence-electron chi connectivity index (χ2n) is 8.09. The van der Waals surface area contributed by atoms with E-state index in [1.54, 1.807) is 0 Å². The van der Waals surface area contributed by atoms with E-state index >= 15 is 0 Å². The summed E-state index contributed by atoms with van der Waals surface area (Å²) >= 11 is 0. The number of benzene rings is 1. The molecule has 0 spiro atoms. The number of para-hydroxylation sites is 1. The van der Waals surface area contributed by atoms with Gasteiger partial charge in [0.1, 0.15) is 0 Å². The van der Waals surface area contributed by atoms with Crippen LogP contribution in [0.5, 0.6) is 0 Å². The van der Waals surface area contributed by atoms with E-state index in [4.69, 9.17) is 4.43 Å². The van der Waals surface area contributed by atoms with Gasteiger partial charge in [0.15, 0.2) is 0 Å². The Morgan fingerprint density at radius 3 is 2.42 bits per heavy atom. The van der Waals surface area contributed by atoms with Crippen LogP contribution in [0.25, 0.3) is 0 Å². The van der Waals surface area contributed by atoms with Crippen molar-refractivity contribution in [3.05, 3.63) is 29.8 Å². The summed E-state index contributed by atoms with van der Waals surface area (Å²) in [6.07, 6.45) is 15.3. The summed E-state index contributed by atoms with van der Waals surface area (Å²) in [6.45, 7) is 9.09. The molecule has 2 rings (SSSR count). The van der Waals surface area contributed by atoms with Crippen molar-refractivity contribution in [3.63, 3.8) is 0 Å². The maximum atomic E-state index is 6.39. The van der Waals surface area contributed by atoms with Gasteiger partial charge in [0.25, 0.3) is 0 Å². The first kappa shape index (κ1) is 21.5. The van der Waals surface area contributed by atoms with Gasteiger partial charge in [-0.2, -0.15) is 0 Å².